The molecule has 0 aromatic rings. The van der Waals surface area contributed by atoms with E-state index in [4.69, 9.17) is 72.2 Å². The van der Waals surface area contributed by atoms with Crippen LogP contribution in [0.15, 0.2) is 0 Å². The van der Waals surface area contributed by atoms with Crippen LogP contribution in [0.2, 0.25) is 0 Å². The van der Waals surface area contributed by atoms with Gasteiger partial charge in [0, 0.05) is 0 Å². The molecule has 0 nitrogen and oxygen atoms in total. The molecule has 0 aliphatic rings. The SMILES string of the molecule is CSP(=S)([S-])SSP(=S)([S-])SSP(=S)([S-])SC. The van der Waals surface area contributed by atoms with Gasteiger partial charge >= 0.3 is 0 Å². The van der Waals surface area contributed by atoms with Crippen molar-refractivity contribution in [2.24, 2.45) is 0 Å². The van der Waals surface area contributed by atoms with Crippen LogP contribution in [-0.4, -0.2) is 12.5 Å². The van der Waals surface area contributed by atoms with Crippen LogP contribution in [0.1, 0.15) is 0 Å². The van der Waals surface area contributed by atoms with E-state index >= 15 is 0 Å². The van der Waals surface area contributed by atoms with Gasteiger partial charge in [0.05, 0.1) is 0 Å². The van der Waals surface area contributed by atoms with E-state index in [2.05, 4.69) is 0 Å². The first-order chi connectivity index (χ1) is 7.54. The third kappa shape index (κ3) is 12.2. The number of hydrogen-bond donors (Lipinski definition) is 0. The van der Waals surface area contributed by atoms with Gasteiger partial charge in [0.1, 0.15) is 0 Å². The Kier molecular flexibility index (Phi) is 13.1. The monoisotopic (exact) mass is 507 g/mol. The number of hydrogen-bond acceptors (Lipinski definition) is 12. The Labute approximate surface area is 157 Å². The lowest BCUT2D eigenvalue weighted by Crippen LogP contribution is -1.59. The number of rotatable bonds is 8. The fraction of sp³-hybridized carbons (Fsp3) is 1.00. The molecule has 0 fully saturated rings. The molecule has 0 rings (SSSR count). The van der Waals surface area contributed by atoms with E-state index in [-0.39, 0.29) is 0 Å². The highest BCUT2D eigenvalue weighted by Gasteiger charge is 2.10. The summed E-state index contributed by atoms with van der Waals surface area (Å²) in [5.41, 5.74) is 0. The Morgan fingerprint density at radius 3 is 1.12 bits per heavy atom. The zero-order valence-electron chi connectivity index (χ0n) is 8.24. The summed E-state index contributed by atoms with van der Waals surface area (Å²) in [4.78, 5) is 0. The van der Waals surface area contributed by atoms with Gasteiger partial charge in [0.2, 0.25) is 0 Å². The van der Waals surface area contributed by atoms with Gasteiger partial charge in [-0.1, -0.05) is 60.7 Å². The van der Waals surface area contributed by atoms with Gasteiger partial charge < -0.3 is 36.7 Å². The van der Waals surface area contributed by atoms with Crippen LogP contribution in [0.3, 0.4) is 0 Å². The minimum atomic E-state index is -1.97. The Morgan fingerprint density at radius 1 is 0.647 bits per heavy atom. The zero-order chi connectivity index (χ0) is 13.7. The second-order valence-corrected chi connectivity index (χ2v) is 47.6. The summed E-state index contributed by atoms with van der Waals surface area (Å²) in [7, 11) is 6.01. The Bertz CT molecular complexity index is 342. The third-order valence-electron chi connectivity index (χ3n) is 0.879. The van der Waals surface area contributed by atoms with Crippen LogP contribution in [-0.2, 0) is 72.2 Å². The summed E-state index contributed by atoms with van der Waals surface area (Å²) >= 11 is 35.1. The minimum absolute atomic E-state index is 1.50. The van der Waals surface area contributed by atoms with Crippen molar-refractivity contribution >= 4 is 148 Å². The standard InChI is InChI=1S/C2H9P3S12/c1-12-3(6,7)14-16-5(10,11)17-15-4(8,9)13-2/h1-2H3,(H,6,7)(H,8,9)(H,10,11)/p-3. The van der Waals surface area contributed by atoms with Gasteiger partial charge in [-0.25, -0.2) is 0 Å². The molecular formula is C2H6P3S12-3. The molecule has 0 heterocycles. The molecule has 0 saturated heterocycles. The molecule has 0 aromatic heterocycles. The largest absolute Gasteiger partial charge is 0.725 e. The lowest BCUT2D eigenvalue weighted by atomic mass is 12.0. The highest BCUT2D eigenvalue weighted by Crippen LogP contribution is 2.87. The fourth-order valence-corrected chi connectivity index (χ4v) is 47.6. The zero-order valence-corrected chi connectivity index (χ0v) is 20.7. The summed E-state index contributed by atoms with van der Waals surface area (Å²) in [5.74, 6) is 0. The van der Waals surface area contributed by atoms with Gasteiger partial charge in [-0.05, 0) is 16.2 Å². The molecule has 2 atom stereocenters. The molecule has 15 heteroatoms. The molecule has 0 radical (unpaired) electrons. The predicted molar refractivity (Wildman–Crippen MR) is 122 cm³/mol. The molecular weight excluding hydrogens is 502 g/mol. The average Bonchev–Trinajstić information content (AvgIpc) is 2.25. The average molecular weight is 508 g/mol. The van der Waals surface area contributed by atoms with Crippen molar-refractivity contribution in [3.05, 3.63) is 0 Å². The highest BCUT2D eigenvalue weighted by molar-refractivity contribution is 9.52. The quantitative estimate of drug-likeness (QED) is 0.193. The molecule has 0 spiro atoms. The summed E-state index contributed by atoms with van der Waals surface area (Å²) in [6, 6.07) is 0. The summed E-state index contributed by atoms with van der Waals surface area (Å²) in [5, 5.41) is 0. The highest BCUT2D eigenvalue weighted by atomic mass is 33.9. The molecule has 17 heavy (non-hydrogen) atoms. The first-order valence-electron chi connectivity index (χ1n) is 3.34. The second kappa shape index (κ2) is 10.1. The molecule has 0 N–H and O–H groups in total. The summed E-state index contributed by atoms with van der Waals surface area (Å²) in [6.45, 7) is 0. The topological polar surface area (TPSA) is 0 Å². The van der Waals surface area contributed by atoms with Crippen molar-refractivity contribution in [1.29, 1.82) is 0 Å². The third-order valence-corrected chi connectivity index (χ3v) is 47.1. The molecule has 0 saturated carbocycles. The maximum atomic E-state index is 5.42. The van der Waals surface area contributed by atoms with E-state index in [0.29, 0.717) is 0 Å². The Morgan fingerprint density at radius 2 is 0.882 bits per heavy atom. The lowest BCUT2D eigenvalue weighted by Gasteiger charge is -2.34. The maximum absolute atomic E-state index is 5.42. The molecule has 0 amide bonds. The van der Waals surface area contributed by atoms with Gasteiger partial charge in [0.15, 0.2) is 0 Å². The van der Waals surface area contributed by atoms with E-state index in [9.17, 15) is 0 Å². The molecule has 0 bridgehead atoms. The van der Waals surface area contributed by atoms with Gasteiger partial charge in [-0.3, -0.25) is 0 Å². The lowest BCUT2D eigenvalue weighted by molar-refractivity contribution is 2.54. The van der Waals surface area contributed by atoms with E-state index < -0.39 is 10.9 Å². The smallest absolute Gasteiger partial charge is 0.0145 e. The van der Waals surface area contributed by atoms with E-state index in [1.54, 1.807) is 22.8 Å². The van der Waals surface area contributed by atoms with Crippen LogP contribution in [0.4, 0.5) is 0 Å². The fourth-order valence-electron chi connectivity index (χ4n) is 0.237. The van der Waals surface area contributed by atoms with Crippen molar-refractivity contribution in [1.82, 2.24) is 0 Å². The minimum Gasteiger partial charge on any atom is -0.725 e. The van der Waals surface area contributed by atoms with E-state index in [1.165, 1.54) is 41.7 Å². The predicted octanol–water partition coefficient (Wildman–Crippen LogP) is 6.79. The summed E-state index contributed by atoms with van der Waals surface area (Å²) in [6.07, 6.45) is 3.87. The van der Waals surface area contributed by atoms with Crippen molar-refractivity contribution in [3.63, 3.8) is 0 Å². The molecule has 0 aliphatic carbocycles. The van der Waals surface area contributed by atoms with Crippen molar-refractivity contribution in [2.75, 3.05) is 12.5 Å². The van der Waals surface area contributed by atoms with Crippen LogP contribution in [0.5, 0.6) is 0 Å². The van der Waals surface area contributed by atoms with Crippen molar-refractivity contribution in [3.8, 4) is 0 Å². The van der Waals surface area contributed by atoms with Crippen molar-refractivity contribution < 1.29 is 0 Å². The maximum Gasteiger partial charge on any atom is -0.0145 e. The Hall–Kier alpha value is 5.10. The van der Waals surface area contributed by atoms with Gasteiger partial charge in [-0.2, -0.15) is 0 Å². The first-order valence-corrected chi connectivity index (χ1v) is 25.2. The second-order valence-electron chi connectivity index (χ2n) is 2.00. The molecule has 0 aliphatic heterocycles. The Balaban J connectivity index is 4.28. The van der Waals surface area contributed by atoms with Crippen LogP contribution in [0, 0.1) is 0 Å². The van der Waals surface area contributed by atoms with Crippen molar-refractivity contribution in [2.45, 2.75) is 0 Å². The van der Waals surface area contributed by atoms with E-state index in [1.807, 2.05) is 12.5 Å². The van der Waals surface area contributed by atoms with Crippen LogP contribution in [0.25, 0.3) is 0 Å². The molecule has 2 unspecified atom stereocenters. The van der Waals surface area contributed by atoms with Gasteiger partial charge in [0.25, 0.3) is 0 Å². The van der Waals surface area contributed by atoms with Crippen LogP contribution >= 0.6 is 75.3 Å². The molecule has 0 aromatic carbocycles. The normalized spacial score (nSPS) is 22.4. The van der Waals surface area contributed by atoms with Crippen LogP contribution < -0.4 is 0 Å². The van der Waals surface area contributed by atoms with E-state index in [0.717, 1.165) is 0 Å². The first kappa shape index (κ1) is 22.1. The van der Waals surface area contributed by atoms with Gasteiger partial charge in [-0.15, -0.1) is 46.4 Å². The summed E-state index contributed by atoms with van der Waals surface area (Å²) < 4.78 is -5.58. The molecule has 104 valence electrons.